The third-order valence-electron chi connectivity index (χ3n) is 6.21. The van der Waals surface area contributed by atoms with Crippen LogP contribution in [0.5, 0.6) is 0 Å². The van der Waals surface area contributed by atoms with Crippen molar-refractivity contribution in [2.24, 2.45) is 0 Å². The van der Waals surface area contributed by atoms with Crippen LogP contribution in [0, 0.1) is 0 Å². The number of rotatable bonds is 4. The van der Waals surface area contributed by atoms with Gasteiger partial charge in [-0.15, -0.1) is 0 Å². The van der Waals surface area contributed by atoms with E-state index in [1.54, 1.807) is 19.3 Å². The molecule has 0 unspecified atom stereocenters. The SMILES string of the molecule is CC(=O)N1CCN(Cc2ccc3c(N4CCOCC4)nc(-c4cnc(N)nc4)nc3c2)CC1. The minimum absolute atomic E-state index is 0.145. The summed E-state index contributed by atoms with van der Waals surface area (Å²) in [6.07, 6.45) is 3.32. The Morgan fingerprint density at radius 2 is 1.76 bits per heavy atom. The normalized spacial score (nSPS) is 17.5. The minimum Gasteiger partial charge on any atom is -0.378 e. The molecule has 1 amide bonds. The van der Waals surface area contributed by atoms with Gasteiger partial charge in [0.25, 0.3) is 0 Å². The largest absolute Gasteiger partial charge is 0.378 e. The number of morpholine rings is 1. The number of hydrogen-bond donors (Lipinski definition) is 1. The Morgan fingerprint density at radius 3 is 2.45 bits per heavy atom. The number of nitrogens with zero attached hydrogens (tertiary/aromatic N) is 7. The number of piperazine rings is 1. The molecule has 3 aromatic rings. The number of carbonyl (C=O) groups excluding carboxylic acids is 1. The van der Waals surface area contributed by atoms with E-state index in [9.17, 15) is 4.79 Å². The predicted molar refractivity (Wildman–Crippen MR) is 126 cm³/mol. The fraction of sp³-hybridized carbons (Fsp3) is 0.435. The van der Waals surface area contributed by atoms with Crippen molar-refractivity contribution >= 4 is 28.6 Å². The molecular weight excluding hydrogens is 420 g/mol. The highest BCUT2D eigenvalue weighted by Crippen LogP contribution is 2.29. The van der Waals surface area contributed by atoms with E-state index in [-0.39, 0.29) is 11.9 Å². The molecule has 2 aliphatic heterocycles. The number of anilines is 2. The maximum atomic E-state index is 11.6. The summed E-state index contributed by atoms with van der Waals surface area (Å²) in [7, 11) is 0. The van der Waals surface area contributed by atoms with E-state index >= 15 is 0 Å². The van der Waals surface area contributed by atoms with Gasteiger partial charge in [0.05, 0.1) is 24.3 Å². The monoisotopic (exact) mass is 448 g/mol. The number of hydrogen-bond acceptors (Lipinski definition) is 9. The Bertz CT molecular complexity index is 1140. The molecular formula is C23H28N8O2. The van der Waals surface area contributed by atoms with Gasteiger partial charge in [0.1, 0.15) is 5.82 Å². The highest BCUT2D eigenvalue weighted by atomic mass is 16.5. The second-order valence-corrected chi connectivity index (χ2v) is 8.43. The predicted octanol–water partition coefficient (Wildman–Crippen LogP) is 1.17. The van der Waals surface area contributed by atoms with E-state index in [2.05, 4.69) is 38.0 Å². The highest BCUT2D eigenvalue weighted by Gasteiger charge is 2.21. The zero-order valence-corrected chi connectivity index (χ0v) is 18.8. The van der Waals surface area contributed by atoms with Crippen molar-refractivity contribution in [3.05, 3.63) is 36.2 Å². The van der Waals surface area contributed by atoms with E-state index in [0.29, 0.717) is 19.0 Å². The lowest BCUT2D eigenvalue weighted by atomic mass is 10.1. The highest BCUT2D eigenvalue weighted by molar-refractivity contribution is 5.91. The van der Waals surface area contributed by atoms with Gasteiger partial charge in [0.2, 0.25) is 11.9 Å². The van der Waals surface area contributed by atoms with E-state index in [0.717, 1.165) is 68.1 Å². The van der Waals surface area contributed by atoms with Crippen LogP contribution in [0.15, 0.2) is 30.6 Å². The lowest BCUT2D eigenvalue weighted by Crippen LogP contribution is -2.47. The topological polar surface area (TPSA) is 114 Å². The van der Waals surface area contributed by atoms with Crippen LogP contribution in [0.25, 0.3) is 22.3 Å². The first-order valence-corrected chi connectivity index (χ1v) is 11.3. The second-order valence-electron chi connectivity index (χ2n) is 8.43. The van der Waals surface area contributed by atoms with Gasteiger partial charge in [-0.05, 0) is 17.7 Å². The minimum atomic E-state index is 0.145. The fourth-order valence-corrected chi connectivity index (χ4v) is 4.33. The molecule has 172 valence electrons. The summed E-state index contributed by atoms with van der Waals surface area (Å²) in [5.74, 6) is 1.85. The summed E-state index contributed by atoms with van der Waals surface area (Å²) in [4.78, 5) is 36.1. The Morgan fingerprint density at radius 1 is 1.03 bits per heavy atom. The van der Waals surface area contributed by atoms with Crippen LogP contribution in [-0.2, 0) is 16.1 Å². The van der Waals surface area contributed by atoms with Crippen molar-refractivity contribution in [1.29, 1.82) is 0 Å². The van der Waals surface area contributed by atoms with Crippen molar-refractivity contribution in [2.75, 3.05) is 63.1 Å². The average molecular weight is 449 g/mol. The molecule has 2 aromatic heterocycles. The van der Waals surface area contributed by atoms with Crippen LogP contribution in [0.1, 0.15) is 12.5 Å². The molecule has 10 heteroatoms. The van der Waals surface area contributed by atoms with Crippen LogP contribution in [0.4, 0.5) is 11.8 Å². The lowest BCUT2D eigenvalue weighted by Gasteiger charge is -2.34. The van der Waals surface area contributed by atoms with Gasteiger partial charge in [0, 0.05) is 70.5 Å². The van der Waals surface area contributed by atoms with E-state index in [1.165, 1.54) is 5.56 Å². The van der Waals surface area contributed by atoms with Crippen LogP contribution < -0.4 is 10.6 Å². The first kappa shape index (κ1) is 21.5. The van der Waals surface area contributed by atoms with Gasteiger partial charge in [-0.1, -0.05) is 6.07 Å². The lowest BCUT2D eigenvalue weighted by molar-refractivity contribution is -0.130. The molecule has 2 fully saturated rings. The van der Waals surface area contributed by atoms with Crippen molar-refractivity contribution in [3.8, 4) is 11.4 Å². The molecule has 2 saturated heterocycles. The molecule has 0 saturated carbocycles. The molecule has 0 radical (unpaired) electrons. The molecule has 0 atom stereocenters. The van der Waals surface area contributed by atoms with Gasteiger partial charge in [-0.3, -0.25) is 9.69 Å². The van der Waals surface area contributed by atoms with Crippen molar-refractivity contribution < 1.29 is 9.53 Å². The Hall–Kier alpha value is -3.37. The molecule has 0 aliphatic carbocycles. The standard InChI is InChI=1S/C23H28N8O2/c1-16(32)30-6-4-29(5-7-30)15-17-2-3-19-20(12-17)27-21(18-13-25-23(24)26-14-18)28-22(19)31-8-10-33-11-9-31/h2-3,12-14H,4-11,15H2,1H3,(H2,24,25,26). The van der Waals surface area contributed by atoms with Crippen LogP contribution in [0.3, 0.4) is 0 Å². The summed E-state index contributed by atoms with van der Waals surface area (Å²) in [6, 6.07) is 6.41. The number of amides is 1. The Kier molecular flexibility index (Phi) is 6.01. The van der Waals surface area contributed by atoms with Gasteiger partial charge in [-0.2, -0.15) is 0 Å². The van der Waals surface area contributed by atoms with Crippen molar-refractivity contribution in [3.63, 3.8) is 0 Å². The van der Waals surface area contributed by atoms with Gasteiger partial charge < -0.3 is 20.3 Å². The third kappa shape index (κ3) is 4.71. The Balaban J connectivity index is 1.47. The Labute approximate surface area is 192 Å². The van der Waals surface area contributed by atoms with Crippen molar-refractivity contribution in [2.45, 2.75) is 13.5 Å². The molecule has 5 rings (SSSR count). The quantitative estimate of drug-likeness (QED) is 0.628. The van der Waals surface area contributed by atoms with Gasteiger partial charge >= 0.3 is 0 Å². The zero-order chi connectivity index (χ0) is 22.8. The first-order chi connectivity index (χ1) is 16.1. The molecule has 10 nitrogen and oxygen atoms in total. The maximum absolute atomic E-state index is 11.6. The molecule has 0 bridgehead atoms. The number of benzene rings is 1. The van der Waals surface area contributed by atoms with Crippen LogP contribution in [-0.4, -0.2) is 88.1 Å². The third-order valence-corrected chi connectivity index (χ3v) is 6.21. The summed E-state index contributed by atoms with van der Waals surface area (Å²) < 4.78 is 5.54. The summed E-state index contributed by atoms with van der Waals surface area (Å²) >= 11 is 0. The van der Waals surface area contributed by atoms with E-state index in [4.69, 9.17) is 20.4 Å². The number of ether oxygens (including phenoxy) is 1. The zero-order valence-electron chi connectivity index (χ0n) is 18.8. The average Bonchev–Trinajstić information content (AvgIpc) is 2.84. The van der Waals surface area contributed by atoms with Gasteiger partial charge in [-0.25, -0.2) is 19.9 Å². The first-order valence-electron chi connectivity index (χ1n) is 11.3. The number of carbonyl (C=O) groups is 1. The fourth-order valence-electron chi connectivity index (χ4n) is 4.33. The summed E-state index contributed by atoms with van der Waals surface area (Å²) in [5, 5.41) is 1.02. The molecule has 1 aromatic carbocycles. The van der Waals surface area contributed by atoms with Crippen LogP contribution in [0.2, 0.25) is 0 Å². The second kappa shape index (κ2) is 9.24. The van der Waals surface area contributed by atoms with Crippen LogP contribution >= 0.6 is 0 Å². The number of nitrogen functional groups attached to an aromatic ring is 1. The van der Waals surface area contributed by atoms with Crippen molar-refractivity contribution in [1.82, 2.24) is 29.7 Å². The number of fused-ring (bicyclic) bond motifs is 1. The summed E-state index contributed by atoms with van der Waals surface area (Å²) in [5.41, 5.74) is 8.46. The molecule has 33 heavy (non-hydrogen) atoms. The smallest absolute Gasteiger partial charge is 0.219 e. The molecule has 2 N–H and O–H groups in total. The molecule has 2 aliphatic rings. The summed E-state index contributed by atoms with van der Waals surface area (Å²) in [6.45, 7) is 8.65. The number of aromatic nitrogens is 4. The number of nitrogens with two attached hydrogens (primary N) is 1. The van der Waals surface area contributed by atoms with E-state index in [1.807, 2.05) is 4.90 Å². The maximum Gasteiger partial charge on any atom is 0.219 e. The molecule has 0 spiro atoms. The van der Waals surface area contributed by atoms with Gasteiger partial charge in [0.15, 0.2) is 5.82 Å². The molecule has 4 heterocycles. The van der Waals surface area contributed by atoms with E-state index < -0.39 is 0 Å².